The molecule has 0 bridgehead atoms. The fourth-order valence-electron chi connectivity index (χ4n) is 1.48. The fraction of sp³-hybridized carbons (Fsp3) is 0.182. The maximum absolute atomic E-state index is 5.90. The third-order valence-corrected chi connectivity index (χ3v) is 2.47. The van der Waals surface area contributed by atoms with E-state index in [2.05, 4.69) is 5.10 Å². The zero-order chi connectivity index (χ0) is 10.7. The van der Waals surface area contributed by atoms with Crippen molar-refractivity contribution in [3.05, 3.63) is 52.8 Å². The molecule has 0 saturated carbocycles. The highest BCUT2D eigenvalue weighted by Crippen LogP contribution is 2.12. The van der Waals surface area contributed by atoms with Crippen molar-refractivity contribution >= 4 is 11.6 Å². The van der Waals surface area contributed by atoms with Crippen LogP contribution < -0.4 is 5.73 Å². The molecule has 78 valence electrons. The normalized spacial score (nSPS) is 10.5. The van der Waals surface area contributed by atoms with Crippen LogP contribution in [0.3, 0.4) is 0 Å². The average Bonchev–Trinajstić information content (AvgIpc) is 2.65. The van der Waals surface area contributed by atoms with Gasteiger partial charge in [0.15, 0.2) is 0 Å². The van der Waals surface area contributed by atoms with E-state index in [0.717, 1.165) is 16.3 Å². The Labute approximate surface area is 93.5 Å². The molecule has 1 heterocycles. The van der Waals surface area contributed by atoms with Crippen molar-refractivity contribution in [3.63, 3.8) is 0 Å². The summed E-state index contributed by atoms with van der Waals surface area (Å²) in [6, 6.07) is 9.67. The Morgan fingerprint density at radius 3 is 2.93 bits per heavy atom. The molecule has 0 aliphatic rings. The fourth-order valence-corrected chi connectivity index (χ4v) is 1.70. The van der Waals surface area contributed by atoms with E-state index in [1.165, 1.54) is 0 Å². The van der Waals surface area contributed by atoms with Crippen LogP contribution in [0.4, 0.5) is 0 Å². The van der Waals surface area contributed by atoms with Crippen molar-refractivity contribution in [2.24, 2.45) is 5.73 Å². The van der Waals surface area contributed by atoms with Crippen molar-refractivity contribution in [1.29, 1.82) is 0 Å². The molecule has 0 amide bonds. The first kappa shape index (κ1) is 10.2. The number of rotatable bonds is 3. The van der Waals surface area contributed by atoms with Gasteiger partial charge in [0.2, 0.25) is 0 Å². The summed E-state index contributed by atoms with van der Waals surface area (Å²) in [6.45, 7) is 1.21. The summed E-state index contributed by atoms with van der Waals surface area (Å²) in [5.41, 5.74) is 7.74. The lowest BCUT2D eigenvalue weighted by atomic mass is 10.2. The van der Waals surface area contributed by atoms with Gasteiger partial charge < -0.3 is 5.73 Å². The van der Waals surface area contributed by atoms with E-state index in [1.54, 1.807) is 6.20 Å². The second-order valence-corrected chi connectivity index (χ2v) is 3.75. The van der Waals surface area contributed by atoms with Crippen LogP contribution in [0.5, 0.6) is 0 Å². The molecule has 4 heteroatoms. The van der Waals surface area contributed by atoms with Gasteiger partial charge in [-0.15, -0.1) is 0 Å². The highest BCUT2D eigenvalue weighted by atomic mass is 35.5. The second kappa shape index (κ2) is 4.47. The minimum Gasteiger partial charge on any atom is -0.325 e. The van der Waals surface area contributed by atoms with Crippen molar-refractivity contribution in [1.82, 2.24) is 9.78 Å². The summed E-state index contributed by atoms with van der Waals surface area (Å²) in [6.07, 6.45) is 1.76. The summed E-state index contributed by atoms with van der Waals surface area (Å²) in [5, 5.41) is 4.95. The zero-order valence-corrected chi connectivity index (χ0v) is 8.98. The Balaban J connectivity index is 2.22. The summed E-state index contributed by atoms with van der Waals surface area (Å²) in [5.74, 6) is 0. The number of hydrogen-bond acceptors (Lipinski definition) is 2. The Hall–Kier alpha value is -1.32. The molecule has 0 saturated heterocycles. The summed E-state index contributed by atoms with van der Waals surface area (Å²) in [7, 11) is 0. The predicted molar refractivity (Wildman–Crippen MR) is 60.7 cm³/mol. The molecule has 1 aromatic heterocycles. The number of hydrogen-bond donors (Lipinski definition) is 1. The Morgan fingerprint density at radius 2 is 2.20 bits per heavy atom. The maximum atomic E-state index is 5.90. The highest BCUT2D eigenvalue weighted by molar-refractivity contribution is 6.30. The maximum Gasteiger partial charge on any atom is 0.0663 e. The van der Waals surface area contributed by atoms with Crippen LogP contribution in [0.2, 0.25) is 5.02 Å². The van der Waals surface area contributed by atoms with Gasteiger partial charge in [-0.3, -0.25) is 4.68 Å². The number of nitrogens with zero attached hydrogens (tertiary/aromatic N) is 2. The Bertz CT molecular complexity index is 451. The largest absolute Gasteiger partial charge is 0.325 e. The molecule has 0 atom stereocenters. The minimum atomic E-state index is 0.501. The first-order chi connectivity index (χ1) is 7.29. The molecular formula is C11H12ClN3. The first-order valence-electron chi connectivity index (χ1n) is 4.75. The van der Waals surface area contributed by atoms with Crippen LogP contribution in [0.1, 0.15) is 11.3 Å². The number of halogens is 1. The number of nitrogens with two attached hydrogens (primary N) is 1. The van der Waals surface area contributed by atoms with E-state index < -0.39 is 0 Å². The van der Waals surface area contributed by atoms with Crippen LogP contribution in [-0.2, 0) is 13.1 Å². The topological polar surface area (TPSA) is 43.8 Å². The van der Waals surface area contributed by atoms with Gasteiger partial charge in [0.05, 0.1) is 12.2 Å². The van der Waals surface area contributed by atoms with Gasteiger partial charge in [-0.25, -0.2) is 0 Å². The summed E-state index contributed by atoms with van der Waals surface area (Å²) >= 11 is 5.90. The average molecular weight is 222 g/mol. The lowest BCUT2D eigenvalue weighted by Crippen LogP contribution is -2.09. The highest BCUT2D eigenvalue weighted by Gasteiger charge is 2.01. The van der Waals surface area contributed by atoms with Crippen molar-refractivity contribution < 1.29 is 0 Å². The van der Waals surface area contributed by atoms with Gasteiger partial charge in [-0.2, -0.15) is 5.10 Å². The van der Waals surface area contributed by atoms with E-state index in [4.69, 9.17) is 17.3 Å². The van der Waals surface area contributed by atoms with Crippen LogP contribution in [0, 0.1) is 0 Å². The Kier molecular flexibility index (Phi) is 3.04. The molecule has 3 nitrogen and oxygen atoms in total. The standard InChI is InChI=1S/C11H12ClN3/c12-10-3-1-2-9(6-10)8-15-11(7-13)4-5-14-15/h1-6H,7-8,13H2. The second-order valence-electron chi connectivity index (χ2n) is 3.31. The molecule has 0 radical (unpaired) electrons. The summed E-state index contributed by atoms with van der Waals surface area (Å²) < 4.78 is 1.88. The van der Waals surface area contributed by atoms with Crippen molar-refractivity contribution in [2.75, 3.05) is 0 Å². The molecule has 1 aromatic carbocycles. The van der Waals surface area contributed by atoms with E-state index >= 15 is 0 Å². The number of aromatic nitrogens is 2. The lowest BCUT2D eigenvalue weighted by molar-refractivity contribution is 0.646. The zero-order valence-electron chi connectivity index (χ0n) is 8.23. The van der Waals surface area contributed by atoms with Crippen LogP contribution >= 0.6 is 11.6 Å². The van der Waals surface area contributed by atoms with Gasteiger partial charge in [-0.05, 0) is 23.8 Å². The van der Waals surface area contributed by atoms with Gasteiger partial charge in [0.25, 0.3) is 0 Å². The minimum absolute atomic E-state index is 0.501. The van der Waals surface area contributed by atoms with Crippen molar-refractivity contribution in [2.45, 2.75) is 13.1 Å². The molecule has 15 heavy (non-hydrogen) atoms. The first-order valence-corrected chi connectivity index (χ1v) is 5.12. The molecular weight excluding hydrogens is 210 g/mol. The molecule has 2 N–H and O–H groups in total. The van der Waals surface area contributed by atoms with E-state index in [9.17, 15) is 0 Å². The Morgan fingerprint density at radius 1 is 1.33 bits per heavy atom. The third kappa shape index (κ3) is 2.37. The predicted octanol–water partition coefficient (Wildman–Crippen LogP) is 2.04. The van der Waals surface area contributed by atoms with Gasteiger partial charge in [-0.1, -0.05) is 23.7 Å². The molecule has 2 aromatic rings. The monoisotopic (exact) mass is 221 g/mol. The van der Waals surface area contributed by atoms with Crippen molar-refractivity contribution in [3.8, 4) is 0 Å². The van der Waals surface area contributed by atoms with Crippen LogP contribution in [-0.4, -0.2) is 9.78 Å². The lowest BCUT2D eigenvalue weighted by Gasteiger charge is -2.06. The van der Waals surface area contributed by atoms with E-state index in [0.29, 0.717) is 13.1 Å². The van der Waals surface area contributed by atoms with Gasteiger partial charge in [0.1, 0.15) is 0 Å². The van der Waals surface area contributed by atoms with E-state index in [-0.39, 0.29) is 0 Å². The molecule has 0 aliphatic heterocycles. The molecule has 0 unspecified atom stereocenters. The smallest absolute Gasteiger partial charge is 0.0663 e. The van der Waals surface area contributed by atoms with Crippen LogP contribution in [0.25, 0.3) is 0 Å². The van der Waals surface area contributed by atoms with Gasteiger partial charge in [0, 0.05) is 17.8 Å². The third-order valence-electron chi connectivity index (χ3n) is 2.24. The number of benzene rings is 1. The molecule has 0 spiro atoms. The SMILES string of the molecule is NCc1ccnn1Cc1cccc(Cl)c1. The molecule has 0 aliphatic carbocycles. The van der Waals surface area contributed by atoms with Gasteiger partial charge >= 0.3 is 0 Å². The quantitative estimate of drug-likeness (QED) is 0.862. The molecule has 0 fully saturated rings. The van der Waals surface area contributed by atoms with E-state index in [1.807, 2.05) is 35.0 Å². The van der Waals surface area contributed by atoms with Crippen LogP contribution in [0.15, 0.2) is 36.5 Å². The molecule has 2 rings (SSSR count). The summed E-state index contributed by atoms with van der Waals surface area (Å²) in [4.78, 5) is 0.